The number of piperazine rings is 1. The molecule has 1 saturated heterocycles. The maximum Gasteiger partial charge on any atom is 0.237 e. The number of anilines is 1. The van der Waals surface area contributed by atoms with Gasteiger partial charge in [-0.15, -0.1) is 0 Å². The van der Waals surface area contributed by atoms with Gasteiger partial charge in [-0.2, -0.15) is 0 Å². The van der Waals surface area contributed by atoms with E-state index in [2.05, 4.69) is 58.4 Å². The molecular formula is C24H33N3O2. The molecule has 0 unspecified atom stereocenters. The predicted octanol–water partition coefficient (Wildman–Crippen LogP) is 3.52. The molecule has 156 valence electrons. The molecule has 0 radical (unpaired) electrons. The van der Waals surface area contributed by atoms with E-state index in [1.807, 2.05) is 25.1 Å². The number of ether oxygens (including phenoxy) is 1. The second-order valence-corrected chi connectivity index (χ2v) is 7.66. The normalized spacial score (nSPS) is 16.9. The highest BCUT2D eigenvalue weighted by Crippen LogP contribution is 2.21. The smallest absolute Gasteiger partial charge is 0.237 e. The van der Waals surface area contributed by atoms with Gasteiger partial charge in [0, 0.05) is 44.3 Å². The van der Waals surface area contributed by atoms with Crippen molar-refractivity contribution in [2.24, 2.45) is 0 Å². The lowest BCUT2D eigenvalue weighted by Gasteiger charge is -2.38. The van der Waals surface area contributed by atoms with E-state index in [0.29, 0.717) is 12.5 Å². The highest BCUT2D eigenvalue weighted by molar-refractivity contribution is 5.81. The van der Waals surface area contributed by atoms with Crippen LogP contribution in [0, 0.1) is 0 Å². The Balaban J connectivity index is 1.48. The molecule has 5 nitrogen and oxygen atoms in total. The highest BCUT2D eigenvalue weighted by Gasteiger charge is 2.26. The van der Waals surface area contributed by atoms with Gasteiger partial charge in [0.15, 0.2) is 0 Å². The summed E-state index contributed by atoms with van der Waals surface area (Å²) in [7, 11) is 1.68. The largest absolute Gasteiger partial charge is 0.497 e. The van der Waals surface area contributed by atoms with Gasteiger partial charge in [0.2, 0.25) is 5.91 Å². The number of carbonyl (C=O) groups is 1. The van der Waals surface area contributed by atoms with Crippen molar-refractivity contribution < 1.29 is 9.53 Å². The molecule has 2 atom stereocenters. The van der Waals surface area contributed by atoms with Crippen LogP contribution in [0.4, 0.5) is 5.69 Å². The number of amides is 1. The Morgan fingerprint density at radius 3 is 2.28 bits per heavy atom. The van der Waals surface area contributed by atoms with Crippen LogP contribution in [0.2, 0.25) is 0 Å². The first-order valence-electron chi connectivity index (χ1n) is 10.6. The molecule has 1 heterocycles. The minimum atomic E-state index is -0.110. The number of methoxy groups -OCH3 is 1. The SMILES string of the molecule is CC[C@H](CNC(=O)[C@H](C)N1CCN(c2ccc(OC)cc2)CC1)c1ccccc1. The van der Waals surface area contributed by atoms with Crippen LogP contribution >= 0.6 is 0 Å². The van der Waals surface area contributed by atoms with Crippen LogP contribution in [-0.4, -0.2) is 56.7 Å². The van der Waals surface area contributed by atoms with Gasteiger partial charge in [-0.3, -0.25) is 9.69 Å². The summed E-state index contributed by atoms with van der Waals surface area (Å²) in [5.41, 5.74) is 2.49. The van der Waals surface area contributed by atoms with Crippen molar-refractivity contribution in [2.75, 3.05) is 44.7 Å². The average Bonchev–Trinajstić information content (AvgIpc) is 2.79. The molecular weight excluding hydrogens is 362 g/mol. The van der Waals surface area contributed by atoms with E-state index in [1.54, 1.807) is 7.11 Å². The Kier molecular flexibility index (Phi) is 7.53. The van der Waals surface area contributed by atoms with E-state index in [9.17, 15) is 4.79 Å². The lowest BCUT2D eigenvalue weighted by Crippen LogP contribution is -2.54. The minimum absolute atomic E-state index is 0.110. The fourth-order valence-corrected chi connectivity index (χ4v) is 3.92. The summed E-state index contributed by atoms with van der Waals surface area (Å²) in [6, 6.07) is 18.5. The molecule has 2 aromatic rings. The third-order valence-electron chi connectivity index (χ3n) is 5.97. The van der Waals surface area contributed by atoms with Crippen LogP contribution < -0.4 is 15.0 Å². The van der Waals surface area contributed by atoms with Gasteiger partial charge in [-0.25, -0.2) is 0 Å². The molecule has 0 bridgehead atoms. The van der Waals surface area contributed by atoms with Crippen molar-refractivity contribution in [3.05, 3.63) is 60.2 Å². The van der Waals surface area contributed by atoms with Crippen molar-refractivity contribution in [1.29, 1.82) is 0 Å². The summed E-state index contributed by atoms with van der Waals surface area (Å²) < 4.78 is 5.24. The summed E-state index contributed by atoms with van der Waals surface area (Å²) in [4.78, 5) is 17.4. The van der Waals surface area contributed by atoms with E-state index in [4.69, 9.17) is 4.74 Å². The van der Waals surface area contributed by atoms with E-state index < -0.39 is 0 Å². The Morgan fingerprint density at radius 2 is 1.69 bits per heavy atom. The van der Waals surface area contributed by atoms with Gasteiger partial charge in [0.05, 0.1) is 13.2 Å². The Hall–Kier alpha value is -2.53. The molecule has 0 aromatic heterocycles. The van der Waals surface area contributed by atoms with Crippen LogP contribution in [0.5, 0.6) is 5.75 Å². The Morgan fingerprint density at radius 1 is 1.03 bits per heavy atom. The topological polar surface area (TPSA) is 44.8 Å². The molecule has 3 rings (SSSR count). The number of hydrogen-bond donors (Lipinski definition) is 1. The van der Waals surface area contributed by atoms with Gasteiger partial charge in [0.1, 0.15) is 5.75 Å². The summed E-state index contributed by atoms with van der Waals surface area (Å²) in [6.07, 6.45) is 1.01. The number of benzene rings is 2. The molecule has 0 aliphatic carbocycles. The molecule has 1 fully saturated rings. The van der Waals surface area contributed by atoms with E-state index in [-0.39, 0.29) is 11.9 Å². The Labute approximate surface area is 174 Å². The van der Waals surface area contributed by atoms with Crippen molar-refractivity contribution in [3.8, 4) is 5.75 Å². The zero-order valence-corrected chi connectivity index (χ0v) is 17.8. The Bertz CT molecular complexity index is 755. The van der Waals surface area contributed by atoms with Gasteiger partial charge in [0.25, 0.3) is 0 Å². The number of carbonyl (C=O) groups excluding carboxylic acids is 1. The van der Waals surface area contributed by atoms with Crippen molar-refractivity contribution in [3.63, 3.8) is 0 Å². The van der Waals surface area contributed by atoms with Gasteiger partial charge in [-0.1, -0.05) is 37.3 Å². The molecule has 1 aliphatic heterocycles. The first-order chi connectivity index (χ1) is 14.1. The minimum Gasteiger partial charge on any atom is -0.497 e. The van der Waals surface area contributed by atoms with E-state index in [1.165, 1.54) is 11.3 Å². The number of nitrogens with one attached hydrogen (secondary N) is 1. The fraction of sp³-hybridized carbons (Fsp3) is 0.458. The molecule has 0 spiro atoms. The number of hydrogen-bond acceptors (Lipinski definition) is 4. The van der Waals surface area contributed by atoms with Crippen LogP contribution in [0.15, 0.2) is 54.6 Å². The zero-order valence-electron chi connectivity index (χ0n) is 17.8. The molecule has 5 heteroatoms. The quantitative estimate of drug-likeness (QED) is 0.743. The number of rotatable bonds is 8. The van der Waals surface area contributed by atoms with Crippen LogP contribution in [0.3, 0.4) is 0 Å². The summed E-state index contributed by atoms with van der Waals surface area (Å²) >= 11 is 0. The van der Waals surface area contributed by atoms with Crippen LogP contribution in [-0.2, 0) is 4.79 Å². The fourth-order valence-electron chi connectivity index (χ4n) is 3.92. The van der Waals surface area contributed by atoms with Gasteiger partial charge >= 0.3 is 0 Å². The third-order valence-corrected chi connectivity index (χ3v) is 5.97. The van der Waals surface area contributed by atoms with E-state index in [0.717, 1.165) is 38.3 Å². The van der Waals surface area contributed by atoms with Gasteiger partial charge < -0.3 is 15.0 Å². The summed E-state index contributed by atoms with van der Waals surface area (Å²) in [5.74, 6) is 1.36. The zero-order chi connectivity index (χ0) is 20.6. The van der Waals surface area contributed by atoms with Crippen LogP contribution in [0.25, 0.3) is 0 Å². The van der Waals surface area contributed by atoms with Crippen molar-refractivity contribution >= 4 is 11.6 Å². The molecule has 1 amide bonds. The first-order valence-corrected chi connectivity index (χ1v) is 10.6. The van der Waals surface area contributed by atoms with Gasteiger partial charge in [-0.05, 0) is 43.2 Å². The molecule has 1 N–H and O–H groups in total. The standard InChI is InChI=1S/C24H33N3O2/c1-4-20(21-8-6-5-7-9-21)18-25-24(28)19(2)26-14-16-27(17-15-26)22-10-12-23(29-3)13-11-22/h5-13,19-20H,4,14-18H2,1-3H3,(H,25,28)/t19-,20+/m0/s1. The maximum atomic E-state index is 12.7. The molecule has 0 saturated carbocycles. The number of nitrogens with zero attached hydrogens (tertiary/aromatic N) is 2. The summed E-state index contributed by atoms with van der Waals surface area (Å²) in [5, 5.41) is 3.18. The lowest BCUT2D eigenvalue weighted by atomic mass is 9.96. The van der Waals surface area contributed by atoms with Crippen molar-refractivity contribution in [2.45, 2.75) is 32.2 Å². The molecule has 1 aliphatic rings. The summed E-state index contributed by atoms with van der Waals surface area (Å²) in [6.45, 7) is 8.49. The van der Waals surface area contributed by atoms with E-state index >= 15 is 0 Å². The monoisotopic (exact) mass is 395 g/mol. The second-order valence-electron chi connectivity index (χ2n) is 7.66. The molecule has 29 heavy (non-hydrogen) atoms. The third kappa shape index (κ3) is 5.51. The highest BCUT2D eigenvalue weighted by atomic mass is 16.5. The second kappa shape index (κ2) is 10.3. The van der Waals surface area contributed by atoms with Crippen molar-refractivity contribution in [1.82, 2.24) is 10.2 Å². The maximum absolute atomic E-state index is 12.7. The lowest BCUT2D eigenvalue weighted by molar-refractivity contribution is -0.126. The predicted molar refractivity (Wildman–Crippen MR) is 119 cm³/mol. The van der Waals surface area contributed by atoms with Crippen LogP contribution in [0.1, 0.15) is 31.7 Å². The average molecular weight is 396 g/mol. The first kappa shape index (κ1) is 21.2. The molecule has 2 aromatic carbocycles.